The van der Waals surface area contributed by atoms with Crippen molar-refractivity contribution in [3.8, 4) is 16.9 Å². The summed E-state index contributed by atoms with van der Waals surface area (Å²) in [5, 5.41) is 3.04. The molecule has 1 aliphatic rings. The number of carbonyl (C=O) groups excluding carboxylic acids is 2. The third-order valence-corrected chi connectivity index (χ3v) is 4.97. The molecule has 2 aromatic rings. The van der Waals surface area contributed by atoms with Gasteiger partial charge in [0.2, 0.25) is 11.8 Å². The number of likely N-dealkylation sites (tertiary alicyclic amines) is 1. The Labute approximate surface area is 166 Å². The average molecular weight is 380 g/mol. The van der Waals surface area contributed by atoms with Crippen LogP contribution in [-0.2, 0) is 9.59 Å². The van der Waals surface area contributed by atoms with E-state index >= 15 is 0 Å². The SMILES string of the molecule is CCOc1ccccc1-c1ccccc1NC(=O)[C@H]1CC(=O)N(C(C)(C)C)C1. The van der Waals surface area contributed by atoms with Gasteiger partial charge in [0.05, 0.1) is 12.5 Å². The molecular weight excluding hydrogens is 352 g/mol. The quantitative estimate of drug-likeness (QED) is 0.839. The van der Waals surface area contributed by atoms with Gasteiger partial charge in [0.25, 0.3) is 0 Å². The molecule has 0 spiro atoms. The molecule has 1 saturated heterocycles. The molecule has 0 saturated carbocycles. The Kier molecular flexibility index (Phi) is 5.73. The molecule has 0 aromatic heterocycles. The molecule has 2 amide bonds. The van der Waals surface area contributed by atoms with Crippen LogP contribution in [0.4, 0.5) is 5.69 Å². The van der Waals surface area contributed by atoms with Gasteiger partial charge in [0.1, 0.15) is 5.75 Å². The van der Waals surface area contributed by atoms with Crippen molar-refractivity contribution < 1.29 is 14.3 Å². The van der Waals surface area contributed by atoms with Crippen LogP contribution < -0.4 is 10.1 Å². The van der Waals surface area contributed by atoms with Crippen LogP contribution in [0, 0.1) is 5.92 Å². The summed E-state index contributed by atoms with van der Waals surface area (Å²) in [5.74, 6) is 0.340. The second kappa shape index (κ2) is 8.05. The lowest BCUT2D eigenvalue weighted by molar-refractivity contribution is -0.131. The van der Waals surface area contributed by atoms with Crippen molar-refractivity contribution in [3.05, 3.63) is 48.5 Å². The molecule has 0 bridgehead atoms. The second-order valence-electron chi connectivity index (χ2n) is 8.04. The highest BCUT2D eigenvalue weighted by Gasteiger charge is 2.39. The van der Waals surface area contributed by atoms with Crippen LogP contribution in [0.1, 0.15) is 34.1 Å². The first kappa shape index (κ1) is 19.9. The Morgan fingerprint density at radius 2 is 1.75 bits per heavy atom. The van der Waals surface area contributed by atoms with Gasteiger partial charge in [-0.1, -0.05) is 36.4 Å². The minimum atomic E-state index is -0.345. The molecule has 1 aliphatic heterocycles. The van der Waals surface area contributed by atoms with Crippen LogP contribution in [0.15, 0.2) is 48.5 Å². The third kappa shape index (κ3) is 4.19. The molecule has 1 atom stereocenters. The molecule has 5 nitrogen and oxygen atoms in total. The van der Waals surface area contributed by atoms with Crippen molar-refractivity contribution >= 4 is 17.5 Å². The van der Waals surface area contributed by atoms with Gasteiger partial charge in [-0.05, 0) is 39.8 Å². The van der Waals surface area contributed by atoms with Gasteiger partial charge in [0, 0.05) is 35.3 Å². The molecule has 0 aliphatic carbocycles. The maximum Gasteiger partial charge on any atom is 0.229 e. The molecule has 1 fully saturated rings. The van der Waals surface area contributed by atoms with E-state index in [1.807, 2.05) is 76.2 Å². The van der Waals surface area contributed by atoms with E-state index in [2.05, 4.69) is 5.32 Å². The molecule has 0 radical (unpaired) electrons. The van der Waals surface area contributed by atoms with E-state index in [4.69, 9.17) is 4.74 Å². The third-order valence-electron chi connectivity index (χ3n) is 4.97. The lowest BCUT2D eigenvalue weighted by Crippen LogP contribution is -2.42. The van der Waals surface area contributed by atoms with E-state index in [1.54, 1.807) is 4.90 Å². The molecule has 5 heteroatoms. The zero-order valence-corrected chi connectivity index (χ0v) is 17.0. The van der Waals surface area contributed by atoms with Gasteiger partial charge in [-0.2, -0.15) is 0 Å². The summed E-state index contributed by atoms with van der Waals surface area (Å²) in [6, 6.07) is 15.5. The Morgan fingerprint density at radius 3 is 2.39 bits per heavy atom. The Bertz CT molecular complexity index is 870. The van der Waals surface area contributed by atoms with Gasteiger partial charge in [-0.25, -0.2) is 0 Å². The van der Waals surface area contributed by atoms with Gasteiger partial charge >= 0.3 is 0 Å². The molecule has 3 rings (SSSR count). The first-order valence-electron chi connectivity index (χ1n) is 9.74. The highest BCUT2D eigenvalue weighted by atomic mass is 16.5. The van der Waals surface area contributed by atoms with E-state index in [0.29, 0.717) is 13.2 Å². The molecule has 1 heterocycles. The van der Waals surface area contributed by atoms with E-state index in [1.165, 1.54) is 0 Å². The van der Waals surface area contributed by atoms with Gasteiger partial charge in [-0.15, -0.1) is 0 Å². The number of para-hydroxylation sites is 2. The number of hydrogen-bond acceptors (Lipinski definition) is 3. The monoisotopic (exact) mass is 380 g/mol. The Balaban J connectivity index is 1.83. The fourth-order valence-electron chi connectivity index (χ4n) is 3.56. The van der Waals surface area contributed by atoms with Crippen LogP contribution in [0.25, 0.3) is 11.1 Å². The number of rotatable bonds is 5. The first-order valence-corrected chi connectivity index (χ1v) is 9.74. The van der Waals surface area contributed by atoms with Crippen molar-refractivity contribution in [2.45, 2.75) is 39.7 Å². The number of hydrogen-bond donors (Lipinski definition) is 1. The molecular formula is C23H28N2O3. The topological polar surface area (TPSA) is 58.6 Å². The number of ether oxygens (including phenoxy) is 1. The molecule has 2 aromatic carbocycles. The lowest BCUT2D eigenvalue weighted by Gasteiger charge is -2.32. The summed E-state index contributed by atoms with van der Waals surface area (Å²) in [4.78, 5) is 27.0. The molecule has 0 unspecified atom stereocenters. The van der Waals surface area contributed by atoms with E-state index in [-0.39, 0.29) is 29.7 Å². The van der Waals surface area contributed by atoms with E-state index in [9.17, 15) is 9.59 Å². The summed E-state index contributed by atoms with van der Waals surface area (Å²) in [7, 11) is 0. The number of benzene rings is 2. The second-order valence-corrected chi connectivity index (χ2v) is 8.04. The van der Waals surface area contributed by atoms with Crippen molar-refractivity contribution in [2.75, 3.05) is 18.5 Å². The fraction of sp³-hybridized carbons (Fsp3) is 0.391. The van der Waals surface area contributed by atoms with Crippen LogP contribution >= 0.6 is 0 Å². The fourth-order valence-corrected chi connectivity index (χ4v) is 3.56. The Morgan fingerprint density at radius 1 is 1.11 bits per heavy atom. The van der Waals surface area contributed by atoms with E-state index < -0.39 is 0 Å². The predicted molar refractivity (Wildman–Crippen MR) is 111 cm³/mol. The molecule has 28 heavy (non-hydrogen) atoms. The largest absolute Gasteiger partial charge is 0.493 e. The lowest BCUT2D eigenvalue weighted by atomic mass is 10.0. The summed E-state index contributed by atoms with van der Waals surface area (Å²) in [6.45, 7) is 8.94. The maximum atomic E-state index is 12.9. The number of anilines is 1. The van der Waals surface area contributed by atoms with E-state index in [0.717, 1.165) is 22.6 Å². The van der Waals surface area contributed by atoms with Gasteiger partial charge in [-0.3, -0.25) is 9.59 Å². The van der Waals surface area contributed by atoms with Crippen LogP contribution in [0.5, 0.6) is 5.75 Å². The molecule has 1 N–H and O–H groups in total. The normalized spacial score (nSPS) is 16.9. The van der Waals surface area contributed by atoms with Crippen molar-refractivity contribution in [1.29, 1.82) is 0 Å². The molecule has 148 valence electrons. The van der Waals surface area contributed by atoms with Gasteiger partial charge < -0.3 is 15.0 Å². The highest BCUT2D eigenvalue weighted by molar-refractivity contribution is 6.00. The van der Waals surface area contributed by atoms with Crippen LogP contribution in [-0.4, -0.2) is 35.4 Å². The number of nitrogens with zero attached hydrogens (tertiary/aromatic N) is 1. The zero-order valence-electron chi connectivity index (χ0n) is 17.0. The first-order chi connectivity index (χ1) is 13.3. The number of nitrogens with one attached hydrogen (secondary N) is 1. The average Bonchev–Trinajstić information content (AvgIpc) is 3.05. The minimum absolute atomic E-state index is 0.0302. The number of amides is 2. The van der Waals surface area contributed by atoms with Crippen molar-refractivity contribution in [3.63, 3.8) is 0 Å². The van der Waals surface area contributed by atoms with Crippen molar-refractivity contribution in [1.82, 2.24) is 4.90 Å². The van der Waals surface area contributed by atoms with Crippen molar-refractivity contribution in [2.24, 2.45) is 5.92 Å². The standard InChI is InChI=1S/C23H28N2O3/c1-5-28-20-13-9-7-11-18(20)17-10-6-8-12-19(17)24-22(27)16-14-21(26)25(15-16)23(2,3)4/h6-13,16H,5,14-15H2,1-4H3,(H,24,27)/t16-/m0/s1. The zero-order chi connectivity index (χ0) is 20.3. The Hall–Kier alpha value is -2.82. The predicted octanol–water partition coefficient (Wildman–Crippen LogP) is 4.34. The summed E-state index contributed by atoms with van der Waals surface area (Å²) < 4.78 is 5.75. The summed E-state index contributed by atoms with van der Waals surface area (Å²) in [5.41, 5.74) is 2.28. The number of carbonyl (C=O) groups is 2. The summed E-state index contributed by atoms with van der Waals surface area (Å²) >= 11 is 0. The van der Waals surface area contributed by atoms with Crippen LogP contribution in [0.2, 0.25) is 0 Å². The van der Waals surface area contributed by atoms with Crippen LogP contribution in [0.3, 0.4) is 0 Å². The summed E-state index contributed by atoms with van der Waals surface area (Å²) in [6.07, 6.45) is 0.251. The minimum Gasteiger partial charge on any atom is -0.493 e. The smallest absolute Gasteiger partial charge is 0.229 e. The van der Waals surface area contributed by atoms with Gasteiger partial charge in [0.15, 0.2) is 0 Å². The highest BCUT2D eigenvalue weighted by Crippen LogP contribution is 2.35. The maximum absolute atomic E-state index is 12.9.